The summed E-state index contributed by atoms with van der Waals surface area (Å²) < 4.78 is 7.03. The second-order valence-corrected chi connectivity index (χ2v) is 4.86. The SMILES string of the molecule is Cc1cc(N)ccc1OCc1ccccc1-n1nn[nH]c1=O. The zero-order valence-corrected chi connectivity index (χ0v) is 12.0. The number of ether oxygens (including phenoxy) is 1. The van der Waals surface area contributed by atoms with Crippen LogP contribution >= 0.6 is 0 Å². The molecule has 7 heteroatoms. The fourth-order valence-electron chi connectivity index (χ4n) is 2.18. The van der Waals surface area contributed by atoms with Crippen molar-refractivity contribution in [3.63, 3.8) is 0 Å². The van der Waals surface area contributed by atoms with E-state index >= 15 is 0 Å². The molecule has 0 fully saturated rings. The largest absolute Gasteiger partial charge is 0.489 e. The molecule has 0 atom stereocenters. The Morgan fingerprint density at radius 3 is 2.82 bits per heavy atom. The topological polar surface area (TPSA) is 98.8 Å². The molecular formula is C15H15N5O2. The molecule has 0 aliphatic rings. The Bertz CT molecular complexity index is 853. The predicted octanol–water partition coefficient (Wildman–Crippen LogP) is 1.43. The minimum Gasteiger partial charge on any atom is -0.489 e. The van der Waals surface area contributed by atoms with E-state index in [0.29, 0.717) is 18.0 Å². The predicted molar refractivity (Wildman–Crippen MR) is 81.9 cm³/mol. The van der Waals surface area contributed by atoms with Gasteiger partial charge in [-0.25, -0.2) is 9.89 Å². The van der Waals surface area contributed by atoms with Gasteiger partial charge < -0.3 is 10.5 Å². The third-order valence-electron chi connectivity index (χ3n) is 3.27. The number of rotatable bonds is 4. The van der Waals surface area contributed by atoms with Crippen LogP contribution in [-0.4, -0.2) is 20.2 Å². The smallest absolute Gasteiger partial charge is 0.365 e. The molecule has 22 heavy (non-hydrogen) atoms. The van der Waals surface area contributed by atoms with Crippen molar-refractivity contribution in [1.29, 1.82) is 0 Å². The molecule has 1 aromatic heterocycles. The quantitative estimate of drug-likeness (QED) is 0.710. The van der Waals surface area contributed by atoms with Crippen molar-refractivity contribution in [3.8, 4) is 11.4 Å². The lowest BCUT2D eigenvalue weighted by Gasteiger charge is -2.12. The zero-order chi connectivity index (χ0) is 15.5. The third-order valence-corrected chi connectivity index (χ3v) is 3.27. The number of nitrogens with two attached hydrogens (primary N) is 1. The minimum absolute atomic E-state index is 0.306. The molecule has 0 radical (unpaired) electrons. The lowest BCUT2D eigenvalue weighted by atomic mass is 10.2. The molecule has 0 amide bonds. The number of aromatic nitrogens is 4. The summed E-state index contributed by atoms with van der Waals surface area (Å²) in [4.78, 5) is 11.7. The molecule has 0 unspecified atom stereocenters. The number of nitrogens with one attached hydrogen (secondary N) is 1. The first-order chi connectivity index (χ1) is 10.6. The van der Waals surface area contributed by atoms with Crippen LogP contribution in [0.25, 0.3) is 5.69 Å². The van der Waals surface area contributed by atoms with Gasteiger partial charge in [-0.1, -0.05) is 18.2 Å². The maximum atomic E-state index is 11.7. The monoisotopic (exact) mass is 297 g/mol. The first-order valence-electron chi connectivity index (χ1n) is 6.73. The number of nitrogens with zero attached hydrogens (tertiary/aromatic N) is 3. The Kier molecular flexibility index (Phi) is 3.61. The Morgan fingerprint density at radius 2 is 2.09 bits per heavy atom. The third kappa shape index (κ3) is 2.69. The summed E-state index contributed by atoms with van der Waals surface area (Å²) in [5.41, 5.74) is 8.45. The van der Waals surface area contributed by atoms with Gasteiger partial charge >= 0.3 is 5.69 Å². The number of benzene rings is 2. The molecule has 1 heterocycles. The maximum Gasteiger partial charge on any atom is 0.365 e. The Balaban J connectivity index is 1.87. The number of aryl methyl sites for hydroxylation is 1. The molecule has 0 aliphatic carbocycles. The molecule has 0 saturated heterocycles. The van der Waals surface area contributed by atoms with Crippen LogP contribution < -0.4 is 16.2 Å². The van der Waals surface area contributed by atoms with Crippen LogP contribution in [0.5, 0.6) is 5.75 Å². The van der Waals surface area contributed by atoms with Crippen LogP contribution in [0, 0.1) is 6.92 Å². The van der Waals surface area contributed by atoms with Gasteiger partial charge in [0.15, 0.2) is 0 Å². The molecular weight excluding hydrogens is 282 g/mol. The van der Waals surface area contributed by atoms with Gasteiger partial charge in [-0.15, -0.1) is 0 Å². The molecule has 3 N–H and O–H groups in total. The minimum atomic E-state index is -0.392. The first-order valence-corrected chi connectivity index (χ1v) is 6.73. The van der Waals surface area contributed by atoms with E-state index in [9.17, 15) is 4.79 Å². The highest BCUT2D eigenvalue weighted by Gasteiger charge is 2.09. The van der Waals surface area contributed by atoms with Crippen LogP contribution in [-0.2, 0) is 6.61 Å². The van der Waals surface area contributed by atoms with E-state index in [-0.39, 0.29) is 0 Å². The van der Waals surface area contributed by atoms with Crippen LogP contribution in [0.1, 0.15) is 11.1 Å². The molecule has 3 aromatic rings. The van der Waals surface area contributed by atoms with Crippen molar-refractivity contribution in [2.24, 2.45) is 0 Å². The van der Waals surface area contributed by atoms with E-state index in [4.69, 9.17) is 10.5 Å². The number of nitrogen functional groups attached to an aromatic ring is 1. The molecule has 2 aromatic carbocycles. The van der Waals surface area contributed by atoms with Gasteiger partial charge in [-0.05, 0) is 47.2 Å². The molecule has 0 spiro atoms. The summed E-state index contributed by atoms with van der Waals surface area (Å²) in [7, 11) is 0. The fraction of sp³-hybridized carbons (Fsp3) is 0.133. The molecule has 7 nitrogen and oxygen atoms in total. The van der Waals surface area contributed by atoms with Crippen molar-refractivity contribution < 1.29 is 4.74 Å². The number of para-hydroxylation sites is 1. The summed E-state index contributed by atoms with van der Waals surface area (Å²) >= 11 is 0. The van der Waals surface area contributed by atoms with Crippen molar-refractivity contribution in [2.45, 2.75) is 13.5 Å². The van der Waals surface area contributed by atoms with Gasteiger partial charge in [-0.3, -0.25) is 0 Å². The van der Waals surface area contributed by atoms with Crippen molar-refractivity contribution in [1.82, 2.24) is 20.2 Å². The number of H-pyrrole nitrogens is 1. The Morgan fingerprint density at radius 1 is 1.27 bits per heavy atom. The highest BCUT2D eigenvalue weighted by molar-refractivity contribution is 5.47. The molecule has 0 bridgehead atoms. The summed E-state index contributed by atoms with van der Waals surface area (Å²) in [5, 5.41) is 9.53. The van der Waals surface area contributed by atoms with Gasteiger partial charge in [0.25, 0.3) is 0 Å². The summed E-state index contributed by atoms with van der Waals surface area (Å²) in [5.74, 6) is 0.747. The number of tetrazole rings is 1. The average molecular weight is 297 g/mol. The first kappa shape index (κ1) is 13.9. The summed E-state index contributed by atoms with van der Waals surface area (Å²) in [6.07, 6.45) is 0. The van der Waals surface area contributed by atoms with Crippen LogP contribution in [0.4, 0.5) is 5.69 Å². The van der Waals surface area contributed by atoms with Gasteiger partial charge in [0.2, 0.25) is 0 Å². The van der Waals surface area contributed by atoms with Gasteiger partial charge in [-0.2, -0.15) is 4.68 Å². The molecule has 112 valence electrons. The van der Waals surface area contributed by atoms with Gasteiger partial charge in [0.1, 0.15) is 12.4 Å². The van der Waals surface area contributed by atoms with E-state index in [1.807, 2.05) is 37.3 Å². The average Bonchev–Trinajstić information content (AvgIpc) is 2.93. The second kappa shape index (κ2) is 5.72. The van der Waals surface area contributed by atoms with E-state index in [2.05, 4.69) is 15.5 Å². The highest BCUT2D eigenvalue weighted by Crippen LogP contribution is 2.22. The Hall–Kier alpha value is -3.09. The summed E-state index contributed by atoms with van der Waals surface area (Å²) in [6, 6.07) is 12.8. The highest BCUT2D eigenvalue weighted by atomic mass is 16.5. The van der Waals surface area contributed by atoms with E-state index in [1.54, 1.807) is 12.1 Å². The van der Waals surface area contributed by atoms with Crippen LogP contribution in [0.15, 0.2) is 47.3 Å². The number of hydrogen-bond donors (Lipinski definition) is 2. The molecule has 0 aliphatic heterocycles. The Labute approximate surface area is 126 Å². The standard InChI is InChI=1S/C15H15N5O2/c1-10-8-12(16)6-7-14(10)22-9-11-4-2-3-5-13(11)20-15(21)17-18-19-20/h2-8H,9,16H2,1H3,(H,17,19,21). The normalized spacial score (nSPS) is 10.6. The molecule has 3 rings (SSSR count). The van der Waals surface area contributed by atoms with E-state index < -0.39 is 5.69 Å². The zero-order valence-electron chi connectivity index (χ0n) is 12.0. The number of hydrogen-bond acceptors (Lipinski definition) is 5. The summed E-state index contributed by atoms with van der Waals surface area (Å²) in [6.45, 7) is 2.24. The van der Waals surface area contributed by atoms with Crippen molar-refractivity contribution in [2.75, 3.05) is 5.73 Å². The van der Waals surface area contributed by atoms with Gasteiger partial charge in [0.05, 0.1) is 5.69 Å². The van der Waals surface area contributed by atoms with Crippen LogP contribution in [0.3, 0.4) is 0 Å². The lowest BCUT2D eigenvalue weighted by Crippen LogP contribution is -2.18. The molecule has 0 saturated carbocycles. The van der Waals surface area contributed by atoms with Crippen molar-refractivity contribution >= 4 is 5.69 Å². The number of anilines is 1. The second-order valence-electron chi connectivity index (χ2n) is 4.86. The number of aromatic amines is 1. The van der Waals surface area contributed by atoms with Crippen LogP contribution in [0.2, 0.25) is 0 Å². The van der Waals surface area contributed by atoms with E-state index in [0.717, 1.165) is 16.9 Å². The van der Waals surface area contributed by atoms with E-state index in [1.165, 1.54) is 4.68 Å². The van der Waals surface area contributed by atoms with Crippen molar-refractivity contribution in [3.05, 3.63) is 64.1 Å². The fourth-order valence-corrected chi connectivity index (χ4v) is 2.18. The lowest BCUT2D eigenvalue weighted by molar-refractivity contribution is 0.303. The van der Waals surface area contributed by atoms with Gasteiger partial charge in [0, 0.05) is 11.3 Å². The maximum absolute atomic E-state index is 11.7.